The van der Waals surface area contributed by atoms with Gasteiger partial charge in [0.25, 0.3) is 0 Å². The molecule has 4 nitrogen and oxygen atoms in total. The first-order valence-electron chi connectivity index (χ1n) is 4.26. The lowest BCUT2D eigenvalue weighted by atomic mass is 10.4. The number of carbonyl (C=O) groups is 1. The lowest BCUT2D eigenvalue weighted by Crippen LogP contribution is -2.29. The Bertz CT molecular complexity index is 161. The number of carbonyl (C=O) groups excluding carboxylic acids is 1. The summed E-state index contributed by atoms with van der Waals surface area (Å²) in [6, 6.07) is 0. The largest absolute Gasteiger partial charge is 0.422 e. The van der Waals surface area contributed by atoms with Crippen LogP contribution in [-0.2, 0) is 4.74 Å². The Balaban J connectivity index is 2.25. The molecule has 0 saturated carbocycles. The summed E-state index contributed by atoms with van der Waals surface area (Å²) < 4.78 is 5.06. The number of amides is 1. The van der Waals surface area contributed by atoms with Gasteiger partial charge in [-0.25, -0.2) is 4.79 Å². The third kappa shape index (κ3) is 2.37. The van der Waals surface area contributed by atoms with E-state index in [1.807, 2.05) is 18.9 Å². The van der Waals surface area contributed by atoms with Gasteiger partial charge in [-0.05, 0) is 20.4 Å². The van der Waals surface area contributed by atoms with Crippen molar-refractivity contribution in [3.8, 4) is 0 Å². The Morgan fingerprint density at radius 3 is 3.00 bits per heavy atom. The van der Waals surface area contributed by atoms with Crippen molar-refractivity contribution in [1.29, 1.82) is 0 Å². The first-order chi connectivity index (χ1) is 5.74. The fourth-order valence-electron chi connectivity index (χ4n) is 1.20. The third-order valence-corrected chi connectivity index (χ3v) is 1.84. The minimum absolute atomic E-state index is 0.346. The number of ether oxygens (including phenoxy) is 1. The molecule has 69 valence electrons. The quantitative estimate of drug-likeness (QED) is 0.672. The van der Waals surface area contributed by atoms with Gasteiger partial charge in [-0.1, -0.05) is 0 Å². The molecular weight excluding hydrogens is 156 g/mol. The van der Waals surface area contributed by atoms with Crippen molar-refractivity contribution in [2.75, 3.05) is 20.1 Å². The Morgan fingerprint density at radius 2 is 2.50 bits per heavy atom. The molecule has 0 atom stereocenters. The molecule has 0 unspecified atom stereocenters. The first-order valence-corrected chi connectivity index (χ1v) is 4.26. The van der Waals surface area contributed by atoms with Crippen LogP contribution in [0.15, 0.2) is 0 Å². The van der Waals surface area contributed by atoms with E-state index < -0.39 is 0 Å². The predicted molar refractivity (Wildman–Crippen MR) is 45.3 cm³/mol. The minimum atomic E-state index is -0.346. The maximum atomic E-state index is 11.0. The fourth-order valence-corrected chi connectivity index (χ4v) is 1.20. The standard InChI is InChI=1S/C8H15N2O2/c1-3-9-8(11)12-7-5-4-6-10(7)2/h3-6H2,1-2H3,(H,9,11). The molecule has 4 heteroatoms. The van der Waals surface area contributed by atoms with Gasteiger partial charge in [0, 0.05) is 19.5 Å². The highest BCUT2D eigenvalue weighted by atomic mass is 16.6. The van der Waals surface area contributed by atoms with Crippen LogP contribution in [0.4, 0.5) is 4.79 Å². The van der Waals surface area contributed by atoms with Gasteiger partial charge in [-0.15, -0.1) is 0 Å². The van der Waals surface area contributed by atoms with Gasteiger partial charge in [-0.2, -0.15) is 0 Å². The molecule has 0 bridgehead atoms. The first kappa shape index (κ1) is 9.32. The van der Waals surface area contributed by atoms with E-state index in [-0.39, 0.29) is 6.09 Å². The van der Waals surface area contributed by atoms with Gasteiger partial charge in [0.05, 0.1) is 0 Å². The lowest BCUT2D eigenvalue weighted by Gasteiger charge is -2.17. The van der Waals surface area contributed by atoms with E-state index in [1.165, 1.54) is 0 Å². The van der Waals surface area contributed by atoms with Gasteiger partial charge < -0.3 is 10.1 Å². The number of rotatable bonds is 2. The van der Waals surface area contributed by atoms with E-state index in [0.29, 0.717) is 6.54 Å². The van der Waals surface area contributed by atoms with Crippen molar-refractivity contribution in [2.45, 2.75) is 19.8 Å². The molecule has 12 heavy (non-hydrogen) atoms. The number of nitrogens with one attached hydrogen (secondary N) is 1. The van der Waals surface area contributed by atoms with E-state index in [0.717, 1.165) is 25.6 Å². The molecule has 1 aliphatic rings. The molecule has 1 radical (unpaired) electrons. The average molecular weight is 171 g/mol. The lowest BCUT2D eigenvalue weighted by molar-refractivity contribution is 0.105. The van der Waals surface area contributed by atoms with Gasteiger partial charge in [-0.3, -0.25) is 4.90 Å². The summed E-state index contributed by atoms with van der Waals surface area (Å²) in [7, 11) is 1.93. The summed E-state index contributed by atoms with van der Waals surface area (Å²) in [4.78, 5) is 12.9. The summed E-state index contributed by atoms with van der Waals surface area (Å²) in [5.41, 5.74) is 0. The highest BCUT2D eigenvalue weighted by Gasteiger charge is 2.25. The van der Waals surface area contributed by atoms with Crippen molar-refractivity contribution < 1.29 is 9.53 Å². The number of likely N-dealkylation sites (tertiary alicyclic amines) is 1. The SMILES string of the molecule is CCNC(=O)O[C]1CCCN1C. The zero-order valence-electron chi connectivity index (χ0n) is 7.59. The van der Waals surface area contributed by atoms with Crippen LogP contribution in [0.5, 0.6) is 0 Å². The summed E-state index contributed by atoms with van der Waals surface area (Å²) in [5, 5.41) is 2.58. The normalized spacial score (nSPS) is 19.5. The Morgan fingerprint density at radius 1 is 1.75 bits per heavy atom. The fraction of sp³-hybridized carbons (Fsp3) is 0.750. The molecule has 1 amide bonds. The summed E-state index contributed by atoms with van der Waals surface area (Å²) >= 11 is 0. The maximum Gasteiger partial charge on any atom is 0.409 e. The molecule has 0 aliphatic carbocycles. The second kappa shape index (κ2) is 4.30. The second-order valence-corrected chi connectivity index (χ2v) is 2.84. The van der Waals surface area contributed by atoms with Crippen LogP contribution in [0.3, 0.4) is 0 Å². The Hall–Kier alpha value is -0.770. The Labute approximate surface area is 72.9 Å². The molecule has 0 aromatic carbocycles. The summed E-state index contributed by atoms with van der Waals surface area (Å²) in [6.07, 6.45) is 2.38. The smallest absolute Gasteiger partial charge is 0.409 e. The molecule has 0 aromatic rings. The van der Waals surface area contributed by atoms with Crippen LogP contribution >= 0.6 is 0 Å². The molecule has 0 aromatic heterocycles. The van der Waals surface area contributed by atoms with Crippen LogP contribution in [0, 0.1) is 6.23 Å². The van der Waals surface area contributed by atoms with Crippen molar-refractivity contribution in [1.82, 2.24) is 10.2 Å². The van der Waals surface area contributed by atoms with Gasteiger partial charge >= 0.3 is 6.09 Å². The zero-order chi connectivity index (χ0) is 8.97. The highest BCUT2D eigenvalue weighted by Crippen LogP contribution is 2.22. The van der Waals surface area contributed by atoms with Crippen LogP contribution < -0.4 is 5.32 Å². The molecule has 1 heterocycles. The van der Waals surface area contributed by atoms with E-state index in [2.05, 4.69) is 5.32 Å². The van der Waals surface area contributed by atoms with Crippen molar-refractivity contribution in [3.05, 3.63) is 6.23 Å². The molecule has 1 N–H and O–H groups in total. The number of hydrogen-bond acceptors (Lipinski definition) is 3. The molecule has 1 aliphatic heterocycles. The van der Waals surface area contributed by atoms with Crippen LogP contribution in [0.25, 0.3) is 0 Å². The number of alkyl carbamates (subject to hydrolysis) is 1. The van der Waals surface area contributed by atoms with E-state index >= 15 is 0 Å². The van der Waals surface area contributed by atoms with Crippen LogP contribution in [-0.4, -0.2) is 31.1 Å². The predicted octanol–water partition coefficient (Wildman–Crippen LogP) is 0.948. The second-order valence-electron chi connectivity index (χ2n) is 2.84. The maximum absolute atomic E-state index is 11.0. The van der Waals surface area contributed by atoms with Gasteiger partial charge in [0.1, 0.15) is 0 Å². The van der Waals surface area contributed by atoms with E-state index in [9.17, 15) is 4.79 Å². The number of nitrogens with zero attached hydrogens (tertiary/aromatic N) is 1. The molecule has 1 fully saturated rings. The molecule has 1 saturated heterocycles. The topological polar surface area (TPSA) is 41.6 Å². The summed E-state index contributed by atoms with van der Waals surface area (Å²) in [6.45, 7) is 3.45. The van der Waals surface area contributed by atoms with Crippen LogP contribution in [0.1, 0.15) is 19.8 Å². The average Bonchev–Trinajstić information content (AvgIpc) is 2.37. The molecule has 1 rings (SSSR count). The van der Waals surface area contributed by atoms with E-state index in [1.54, 1.807) is 0 Å². The van der Waals surface area contributed by atoms with Crippen molar-refractivity contribution in [3.63, 3.8) is 0 Å². The monoisotopic (exact) mass is 171 g/mol. The van der Waals surface area contributed by atoms with Gasteiger partial charge in [0.2, 0.25) is 6.23 Å². The zero-order valence-corrected chi connectivity index (χ0v) is 7.59. The van der Waals surface area contributed by atoms with Crippen molar-refractivity contribution in [2.24, 2.45) is 0 Å². The van der Waals surface area contributed by atoms with Crippen molar-refractivity contribution >= 4 is 6.09 Å². The molecule has 0 spiro atoms. The molecular formula is C8H15N2O2. The number of hydrogen-bond donors (Lipinski definition) is 1. The third-order valence-electron chi connectivity index (χ3n) is 1.84. The van der Waals surface area contributed by atoms with Gasteiger partial charge in [0.15, 0.2) is 0 Å². The van der Waals surface area contributed by atoms with E-state index in [4.69, 9.17) is 4.74 Å². The highest BCUT2D eigenvalue weighted by molar-refractivity contribution is 5.67. The van der Waals surface area contributed by atoms with Crippen LogP contribution in [0.2, 0.25) is 0 Å². The Kier molecular flexibility index (Phi) is 3.34. The summed E-state index contributed by atoms with van der Waals surface area (Å²) in [5.74, 6) is 0. The minimum Gasteiger partial charge on any atom is -0.422 e.